The van der Waals surface area contributed by atoms with Gasteiger partial charge in [-0.2, -0.15) is 5.10 Å². The normalized spacial score (nSPS) is 10.6. The summed E-state index contributed by atoms with van der Waals surface area (Å²) < 4.78 is 6.33. The average molecular weight is 463 g/mol. The number of anilines is 1. The predicted molar refractivity (Wildman–Crippen MR) is 125 cm³/mol. The lowest BCUT2D eigenvalue weighted by molar-refractivity contribution is 0.0600. The molecule has 0 radical (unpaired) electrons. The number of carbonyl (C=O) groups excluding carboxylic acids is 2. The number of hydrogen-bond acceptors (Lipinski definition) is 5. The van der Waals surface area contributed by atoms with Gasteiger partial charge in [-0.15, -0.1) is 0 Å². The first-order valence-electron chi connectivity index (χ1n) is 9.94. The molecule has 2 heterocycles. The third-order valence-electron chi connectivity index (χ3n) is 4.88. The van der Waals surface area contributed by atoms with E-state index >= 15 is 0 Å². The van der Waals surface area contributed by atoms with E-state index in [0.29, 0.717) is 22.8 Å². The number of pyridine rings is 1. The Labute approximate surface area is 193 Å². The third-order valence-corrected chi connectivity index (χ3v) is 5.14. The Kier molecular flexibility index (Phi) is 6.37. The lowest BCUT2D eigenvalue weighted by Crippen LogP contribution is -2.21. The SMILES string of the molecule is COC(=O)c1c[nH]c(=O)c(NC(=O)c2cn(Cc3ccccc3)nc2-c2ccc(Cl)cc2)c1. The van der Waals surface area contributed by atoms with E-state index in [1.54, 1.807) is 35.1 Å². The van der Waals surface area contributed by atoms with E-state index in [0.717, 1.165) is 5.56 Å². The van der Waals surface area contributed by atoms with Crippen LogP contribution in [0.1, 0.15) is 26.3 Å². The van der Waals surface area contributed by atoms with Crippen molar-refractivity contribution in [1.82, 2.24) is 14.8 Å². The molecule has 0 saturated heterocycles. The van der Waals surface area contributed by atoms with Crippen LogP contribution in [0.25, 0.3) is 11.3 Å². The van der Waals surface area contributed by atoms with Gasteiger partial charge in [0.1, 0.15) is 11.4 Å². The van der Waals surface area contributed by atoms with Crippen LogP contribution in [0.5, 0.6) is 0 Å². The van der Waals surface area contributed by atoms with Crippen molar-refractivity contribution in [2.24, 2.45) is 0 Å². The average Bonchev–Trinajstić information content (AvgIpc) is 3.25. The van der Waals surface area contributed by atoms with Crippen LogP contribution in [0.3, 0.4) is 0 Å². The molecule has 2 aromatic carbocycles. The minimum atomic E-state index is -0.640. The van der Waals surface area contributed by atoms with E-state index in [2.05, 4.69) is 20.1 Å². The van der Waals surface area contributed by atoms with Gasteiger partial charge < -0.3 is 15.0 Å². The number of methoxy groups -OCH3 is 1. The Morgan fingerprint density at radius 3 is 2.55 bits per heavy atom. The molecule has 9 heteroatoms. The number of halogens is 1. The Morgan fingerprint density at radius 2 is 1.85 bits per heavy atom. The number of nitrogens with zero attached hydrogens (tertiary/aromatic N) is 2. The van der Waals surface area contributed by atoms with E-state index < -0.39 is 17.4 Å². The topological polar surface area (TPSA) is 106 Å². The van der Waals surface area contributed by atoms with E-state index in [1.165, 1.54) is 19.4 Å². The molecular formula is C24H19ClN4O4. The lowest BCUT2D eigenvalue weighted by atomic mass is 10.1. The Balaban J connectivity index is 1.71. The highest BCUT2D eigenvalue weighted by Crippen LogP contribution is 2.25. The summed E-state index contributed by atoms with van der Waals surface area (Å²) in [6.07, 6.45) is 2.84. The van der Waals surface area contributed by atoms with Crippen molar-refractivity contribution in [3.63, 3.8) is 0 Å². The van der Waals surface area contributed by atoms with Gasteiger partial charge in [0.15, 0.2) is 0 Å². The van der Waals surface area contributed by atoms with Crippen molar-refractivity contribution in [2.45, 2.75) is 6.54 Å². The van der Waals surface area contributed by atoms with Crippen LogP contribution in [0.2, 0.25) is 5.02 Å². The second-order valence-electron chi connectivity index (χ2n) is 7.16. The van der Waals surface area contributed by atoms with Gasteiger partial charge in [0.25, 0.3) is 11.5 Å². The van der Waals surface area contributed by atoms with E-state index in [-0.39, 0.29) is 16.8 Å². The summed E-state index contributed by atoms with van der Waals surface area (Å²) in [7, 11) is 1.23. The highest BCUT2D eigenvalue weighted by atomic mass is 35.5. The molecule has 8 nitrogen and oxygen atoms in total. The summed E-state index contributed by atoms with van der Waals surface area (Å²) in [6.45, 7) is 0.452. The minimum absolute atomic E-state index is 0.0826. The number of nitrogens with one attached hydrogen (secondary N) is 2. The second-order valence-corrected chi connectivity index (χ2v) is 7.59. The fourth-order valence-electron chi connectivity index (χ4n) is 3.26. The van der Waals surface area contributed by atoms with Crippen LogP contribution >= 0.6 is 11.6 Å². The van der Waals surface area contributed by atoms with Gasteiger partial charge in [-0.25, -0.2) is 4.79 Å². The number of amides is 1. The first kappa shape index (κ1) is 22.0. The van der Waals surface area contributed by atoms with Crippen LogP contribution in [0.15, 0.2) is 77.9 Å². The van der Waals surface area contributed by atoms with Gasteiger partial charge in [0, 0.05) is 23.0 Å². The molecule has 0 saturated carbocycles. The van der Waals surface area contributed by atoms with E-state index in [1.807, 2.05) is 30.3 Å². The molecule has 0 spiro atoms. The maximum Gasteiger partial charge on any atom is 0.339 e. The molecule has 2 N–H and O–H groups in total. The minimum Gasteiger partial charge on any atom is -0.465 e. The van der Waals surface area contributed by atoms with Crippen LogP contribution in [0.4, 0.5) is 5.69 Å². The molecule has 4 aromatic rings. The molecule has 4 rings (SSSR count). The number of aromatic amines is 1. The number of ether oxygens (including phenoxy) is 1. The molecular weight excluding hydrogens is 444 g/mol. The molecule has 33 heavy (non-hydrogen) atoms. The number of H-pyrrole nitrogens is 1. The summed E-state index contributed by atoms with van der Waals surface area (Å²) in [5.41, 5.74) is 1.86. The van der Waals surface area contributed by atoms with Crippen molar-refractivity contribution in [1.29, 1.82) is 0 Å². The van der Waals surface area contributed by atoms with E-state index in [9.17, 15) is 14.4 Å². The van der Waals surface area contributed by atoms with Crippen molar-refractivity contribution in [2.75, 3.05) is 12.4 Å². The molecule has 0 atom stereocenters. The number of esters is 1. The van der Waals surface area contributed by atoms with Crippen molar-refractivity contribution >= 4 is 29.2 Å². The number of aromatic nitrogens is 3. The molecule has 0 aliphatic carbocycles. The molecule has 0 aliphatic rings. The quantitative estimate of drug-likeness (QED) is 0.421. The van der Waals surface area contributed by atoms with Gasteiger partial charge in [0.05, 0.1) is 24.8 Å². The van der Waals surface area contributed by atoms with Crippen LogP contribution in [-0.2, 0) is 11.3 Å². The lowest BCUT2D eigenvalue weighted by Gasteiger charge is -2.06. The zero-order valence-corrected chi connectivity index (χ0v) is 18.3. The number of benzene rings is 2. The van der Waals surface area contributed by atoms with Gasteiger partial charge in [0.2, 0.25) is 0 Å². The zero-order chi connectivity index (χ0) is 23.4. The summed E-state index contributed by atoms with van der Waals surface area (Å²) in [4.78, 5) is 39.6. The fourth-order valence-corrected chi connectivity index (χ4v) is 3.39. The molecule has 0 aliphatic heterocycles. The first-order chi connectivity index (χ1) is 15.9. The Hall–Kier alpha value is -4.17. The molecule has 0 unspecified atom stereocenters. The fraction of sp³-hybridized carbons (Fsp3) is 0.0833. The van der Waals surface area contributed by atoms with Gasteiger partial charge >= 0.3 is 5.97 Å². The monoisotopic (exact) mass is 462 g/mol. The summed E-state index contributed by atoms with van der Waals surface area (Å²) in [6, 6.07) is 17.9. The largest absolute Gasteiger partial charge is 0.465 e. The summed E-state index contributed by atoms with van der Waals surface area (Å²) in [5.74, 6) is -1.19. The molecule has 2 aromatic heterocycles. The standard InChI is InChI=1S/C24H19ClN4O4/c1-33-24(32)17-11-20(23(31)26-12-17)27-22(30)19-14-29(13-15-5-3-2-4-6-15)28-21(19)16-7-9-18(25)10-8-16/h2-12,14H,13H2,1H3,(H,26,31)(H,27,30). The van der Waals surface area contributed by atoms with Crippen molar-refractivity contribution in [3.05, 3.63) is 105 Å². The third kappa shape index (κ3) is 5.02. The smallest absolute Gasteiger partial charge is 0.339 e. The molecule has 0 bridgehead atoms. The Morgan fingerprint density at radius 1 is 1.12 bits per heavy atom. The van der Waals surface area contributed by atoms with Gasteiger partial charge in [-0.3, -0.25) is 14.3 Å². The summed E-state index contributed by atoms with van der Waals surface area (Å²) in [5, 5.41) is 7.73. The van der Waals surface area contributed by atoms with Crippen LogP contribution in [0, 0.1) is 0 Å². The van der Waals surface area contributed by atoms with Gasteiger partial charge in [-0.1, -0.05) is 54.1 Å². The predicted octanol–water partition coefficient (Wildman–Crippen LogP) is 3.98. The van der Waals surface area contributed by atoms with Crippen LogP contribution in [-0.4, -0.2) is 33.8 Å². The molecule has 0 fully saturated rings. The highest BCUT2D eigenvalue weighted by Gasteiger charge is 2.20. The Bertz CT molecular complexity index is 1360. The zero-order valence-electron chi connectivity index (χ0n) is 17.5. The maximum absolute atomic E-state index is 13.2. The number of rotatable bonds is 6. The van der Waals surface area contributed by atoms with Crippen LogP contribution < -0.4 is 10.9 Å². The summed E-state index contributed by atoms with van der Waals surface area (Å²) >= 11 is 6.01. The van der Waals surface area contributed by atoms with Crippen molar-refractivity contribution < 1.29 is 14.3 Å². The number of carbonyl (C=O) groups is 2. The molecule has 166 valence electrons. The molecule has 1 amide bonds. The van der Waals surface area contributed by atoms with Gasteiger partial charge in [-0.05, 0) is 23.8 Å². The maximum atomic E-state index is 13.2. The van der Waals surface area contributed by atoms with Crippen molar-refractivity contribution in [3.8, 4) is 11.3 Å². The number of hydrogen-bond donors (Lipinski definition) is 2. The second kappa shape index (κ2) is 9.54. The van der Waals surface area contributed by atoms with E-state index in [4.69, 9.17) is 11.6 Å². The highest BCUT2D eigenvalue weighted by molar-refractivity contribution is 6.30. The first-order valence-corrected chi connectivity index (χ1v) is 10.3.